The van der Waals surface area contributed by atoms with Gasteiger partial charge in [-0.15, -0.1) is 0 Å². The fourth-order valence-electron chi connectivity index (χ4n) is 3.18. The second-order valence-corrected chi connectivity index (χ2v) is 6.10. The number of ether oxygens (including phenoxy) is 2. The van der Waals surface area contributed by atoms with Crippen LogP contribution in [0.4, 0.5) is 0 Å². The standard InChI is InChI=1S/C17H26N2O3/c20-16(12-18-6-9-21-10-7-18)13-19-8-11-22-17(14-19)15-4-2-1-3-5-15/h1-5,16-17,20H,6-14H2. The van der Waals surface area contributed by atoms with Crippen molar-refractivity contribution in [3.8, 4) is 0 Å². The first kappa shape index (κ1) is 15.9. The minimum atomic E-state index is -0.312. The van der Waals surface area contributed by atoms with Gasteiger partial charge in [0, 0.05) is 39.3 Å². The van der Waals surface area contributed by atoms with Crippen molar-refractivity contribution in [1.29, 1.82) is 0 Å². The third-order valence-electron chi connectivity index (χ3n) is 4.36. The van der Waals surface area contributed by atoms with Crippen LogP contribution in [-0.2, 0) is 9.47 Å². The van der Waals surface area contributed by atoms with E-state index in [2.05, 4.69) is 21.9 Å². The van der Waals surface area contributed by atoms with Gasteiger partial charge in [-0.25, -0.2) is 0 Å². The van der Waals surface area contributed by atoms with E-state index in [-0.39, 0.29) is 12.2 Å². The van der Waals surface area contributed by atoms with E-state index < -0.39 is 0 Å². The lowest BCUT2D eigenvalue weighted by Gasteiger charge is -2.35. The van der Waals surface area contributed by atoms with Crippen molar-refractivity contribution in [2.75, 3.05) is 59.1 Å². The Morgan fingerprint density at radius 3 is 2.45 bits per heavy atom. The number of rotatable bonds is 5. The van der Waals surface area contributed by atoms with Crippen molar-refractivity contribution in [2.24, 2.45) is 0 Å². The molecular weight excluding hydrogens is 280 g/mol. The summed E-state index contributed by atoms with van der Waals surface area (Å²) in [6, 6.07) is 10.3. The molecular formula is C17H26N2O3. The maximum Gasteiger partial charge on any atom is 0.0952 e. The van der Waals surface area contributed by atoms with Gasteiger partial charge < -0.3 is 14.6 Å². The van der Waals surface area contributed by atoms with Gasteiger partial charge in [-0.3, -0.25) is 9.80 Å². The Hall–Kier alpha value is -0.980. The molecule has 1 aromatic carbocycles. The third kappa shape index (κ3) is 4.51. The Kier molecular flexibility index (Phi) is 5.81. The van der Waals surface area contributed by atoms with E-state index in [0.29, 0.717) is 6.54 Å². The minimum absolute atomic E-state index is 0.116. The first-order valence-corrected chi connectivity index (χ1v) is 8.18. The summed E-state index contributed by atoms with van der Waals surface area (Å²) in [6.45, 7) is 7.32. The molecule has 0 aromatic heterocycles. The van der Waals surface area contributed by atoms with Crippen LogP contribution in [-0.4, -0.2) is 80.1 Å². The molecule has 2 atom stereocenters. The normalized spacial score (nSPS) is 26.0. The Bertz CT molecular complexity index is 437. The van der Waals surface area contributed by atoms with E-state index in [1.54, 1.807) is 0 Å². The van der Waals surface area contributed by atoms with Crippen LogP contribution in [0.15, 0.2) is 30.3 Å². The molecule has 2 aliphatic rings. The van der Waals surface area contributed by atoms with E-state index in [1.807, 2.05) is 18.2 Å². The number of aliphatic hydroxyl groups is 1. The number of nitrogens with zero attached hydrogens (tertiary/aromatic N) is 2. The van der Waals surface area contributed by atoms with Gasteiger partial charge in [0.25, 0.3) is 0 Å². The molecule has 2 saturated heterocycles. The zero-order valence-electron chi connectivity index (χ0n) is 13.1. The molecule has 5 nitrogen and oxygen atoms in total. The third-order valence-corrected chi connectivity index (χ3v) is 4.36. The summed E-state index contributed by atoms with van der Waals surface area (Å²) in [5.41, 5.74) is 1.22. The predicted molar refractivity (Wildman–Crippen MR) is 84.8 cm³/mol. The summed E-state index contributed by atoms with van der Waals surface area (Å²) in [7, 11) is 0. The average Bonchev–Trinajstić information content (AvgIpc) is 2.57. The number of morpholine rings is 2. The number of hydrogen-bond acceptors (Lipinski definition) is 5. The first-order chi connectivity index (χ1) is 10.8. The van der Waals surface area contributed by atoms with Crippen LogP contribution in [0.1, 0.15) is 11.7 Å². The topological polar surface area (TPSA) is 45.2 Å². The SMILES string of the molecule is OC(CN1CCOCC1)CN1CCOC(c2ccccc2)C1. The average molecular weight is 306 g/mol. The molecule has 0 radical (unpaired) electrons. The van der Waals surface area contributed by atoms with Crippen LogP contribution >= 0.6 is 0 Å². The van der Waals surface area contributed by atoms with Gasteiger partial charge in [-0.05, 0) is 5.56 Å². The van der Waals surface area contributed by atoms with Gasteiger partial charge in [-0.1, -0.05) is 30.3 Å². The molecule has 2 fully saturated rings. The van der Waals surface area contributed by atoms with E-state index in [1.165, 1.54) is 5.56 Å². The zero-order chi connectivity index (χ0) is 15.2. The fraction of sp³-hybridized carbons (Fsp3) is 0.647. The highest BCUT2D eigenvalue weighted by molar-refractivity contribution is 5.18. The van der Waals surface area contributed by atoms with Crippen LogP contribution in [0.25, 0.3) is 0 Å². The van der Waals surface area contributed by atoms with Gasteiger partial charge in [-0.2, -0.15) is 0 Å². The number of β-amino-alcohol motifs (C(OH)–C–C–N with tert-alkyl or cyclic N) is 1. The molecule has 2 unspecified atom stereocenters. The van der Waals surface area contributed by atoms with Gasteiger partial charge in [0.2, 0.25) is 0 Å². The van der Waals surface area contributed by atoms with Crippen molar-refractivity contribution < 1.29 is 14.6 Å². The summed E-state index contributed by atoms with van der Waals surface area (Å²) >= 11 is 0. The van der Waals surface area contributed by atoms with Crippen molar-refractivity contribution in [3.63, 3.8) is 0 Å². The molecule has 3 rings (SSSR count). The number of aliphatic hydroxyl groups excluding tert-OH is 1. The van der Waals surface area contributed by atoms with Gasteiger partial charge in [0.15, 0.2) is 0 Å². The summed E-state index contributed by atoms with van der Waals surface area (Å²) in [4.78, 5) is 4.59. The molecule has 2 heterocycles. The van der Waals surface area contributed by atoms with Crippen LogP contribution in [0.3, 0.4) is 0 Å². The Morgan fingerprint density at radius 2 is 1.68 bits per heavy atom. The highest BCUT2D eigenvalue weighted by atomic mass is 16.5. The largest absolute Gasteiger partial charge is 0.390 e. The lowest BCUT2D eigenvalue weighted by molar-refractivity contribution is -0.0486. The van der Waals surface area contributed by atoms with E-state index in [0.717, 1.165) is 52.5 Å². The molecule has 1 N–H and O–H groups in total. The second kappa shape index (κ2) is 8.04. The summed E-state index contributed by atoms with van der Waals surface area (Å²) < 4.78 is 11.2. The molecule has 0 bridgehead atoms. The molecule has 5 heteroatoms. The van der Waals surface area contributed by atoms with Gasteiger partial charge in [0.1, 0.15) is 0 Å². The maximum absolute atomic E-state index is 10.3. The van der Waals surface area contributed by atoms with Crippen LogP contribution in [0.5, 0.6) is 0 Å². The van der Waals surface area contributed by atoms with Crippen molar-refractivity contribution in [3.05, 3.63) is 35.9 Å². The monoisotopic (exact) mass is 306 g/mol. The Morgan fingerprint density at radius 1 is 1.00 bits per heavy atom. The predicted octanol–water partition coefficient (Wildman–Crippen LogP) is 0.753. The molecule has 0 saturated carbocycles. The fourth-order valence-corrected chi connectivity index (χ4v) is 3.18. The lowest BCUT2D eigenvalue weighted by atomic mass is 10.1. The molecule has 0 amide bonds. The van der Waals surface area contributed by atoms with E-state index in [4.69, 9.17) is 9.47 Å². The Labute approximate surface area is 132 Å². The second-order valence-electron chi connectivity index (χ2n) is 6.10. The summed E-state index contributed by atoms with van der Waals surface area (Å²) in [6.07, 6.45) is -0.196. The van der Waals surface area contributed by atoms with Crippen LogP contribution < -0.4 is 0 Å². The van der Waals surface area contributed by atoms with Crippen molar-refractivity contribution >= 4 is 0 Å². The molecule has 122 valence electrons. The van der Waals surface area contributed by atoms with Gasteiger partial charge in [0.05, 0.1) is 32.0 Å². The minimum Gasteiger partial charge on any atom is -0.390 e. The molecule has 0 spiro atoms. The quantitative estimate of drug-likeness (QED) is 0.870. The summed E-state index contributed by atoms with van der Waals surface area (Å²) in [5, 5.41) is 10.3. The molecule has 22 heavy (non-hydrogen) atoms. The highest BCUT2D eigenvalue weighted by Crippen LogP contribution is 2.21. The first-order valence-electron chi connectivity index (χ1n) is 8.18. The number of hydrogen-bond donors (Lipinski definition) is 1. The van der Waals surface area contributed by atoms with Crippen LogP contribution in [0.2, 0.25) is 0 Å². The van der Waals surface area contributed by atoms with Gasteiger partial charge >= 0.3 is 0 Å². The van der Waals surface area contributed by atoms with Crippen molar-refractivity contribution in [2.45, 2.75) is 12.2 Å². The van der Waals surface area contributed by atoms with E-state index in [9.17, 15) is 5.11 Å². The number of benzene rings is 1. The molecule has 1 aromatic rings. The van der Waals surface area contributed by atoms with E-state index >= 15 is 0 Å². The lowest BCUT2D eigenvalue weighted by Crippen LogP contribution is -2.47. The zero-order valence-corrected chi connectivity index (χ0v) is 13.1. The molecule has 0 aliphatic carbocycles. The summed E-state index contributed by atoms with van der Waals surface area (Å²) in [5.74, 6) is 0. The Balaban J connectivity index is 1.47. The van der Waals surface area contributed by atoms with Crippen molar-refractivity contribution in [1.82, 2.24) is 9.80 Å². The van der Waals surface area contributed by atoms with Crippen LogP contribution in [0, 0.1) is 0 Å². The smallest absolute Gasteiger partial charge is 0.0952 e. The molecule has 2 aliphatic heterocycles. The highest BCUT2D eigenvalue weighted by Gasteiger charge is 2.24. The maximum atomic E-state index is 10.3.